The Kier molecular flexibility index (Phi) is 5.85. The first-order valence-corrected chi connectivity index (χ1v) is 7.16. The van der Waals surface area contributed by atoms with E-state index in [1.165, 1.54) is 6.07 Å². The van der Waals surface area contributed by atoms with Gasteiger partial charge in [-0.05, 0) is 18.3 Å². The van der Waals surface area contributed by atoms with Gasteiger partial charge in [-0.2, -0.15) is 0 Å². The topological polar surface area (TPSA) is 79.7 Å². The maximum Gasteiger partial charge on any atom is 0.292 e. The van der Waals surface area contributed by atoms with Gasteiger partial charge < -0.3 is 15.4 Å². The summed E-state index contributed by atoms with van der Waals surface area (Å²) in [6.07, 6.45) is 0. The van der Waals surface area contributed by atoms with Gasteiger partial charge in [0.1, 0.15) is 5.69 Å². The Morgan fingerprint density at radius 1 is 1.38 bits per heavy atom. The Morgan fingerprint density at radius 3 is 2.81 bits per heavy atom. The molecular formula is C13H18N4O3S. The number of ether oxygens (including phenoxy) is 1. The summed E-state index contributed by atoms with van der Waals surface area (Å²) in [5.41, 5.74) is 0.404. The largest absolute Gasteiger partial charge is 0.379 e. The number of nitrogens with zero attached hydrogens (tertiary/aromatic N) is 2. The van der Waals surface area contributed by atoms with Gasteiger partial charge in [-0.15, -0.1) is 0 Å². The second kappa shape index (κ2) is 7.87. The molecule has 8 heteroatoms. The summed E-state index contributed by atoms with van der Waals surface area (Å²) >= 11 is 5.16. The number of nitrogens with one attached hydrogen (secondary N) is 2. The fourth-order valence-electron chi connectivity index (χ4n) is 2.06. The molecule has 1 fully saturated rings. The van der Waals surface area contributed by atoms with Crippen LogP contribution in [0.1, 0.15) is 0 Å². The number of benzene rings is 1. The second-order valence-corrected chi connectivity index (χ2v) is 5.02. The predicted molar refractivity (Wildman–Crippen MR) is 84.6 cm³/mol. The van der Waals surface area contributed by atoms with E-state index in [1.807, 2.05) is 0 Å². The maximum atomic E-state index is 10.9. The number of anilines is 1. The summed E-state index contributed by atoms with van der Waals surface area (Å²) in [6, 6.07) is 6.43. The third-order valence-corrected chi connectivity index (χ3v) is 3.41. The van der Waals surface area contributed by atoms with Crippen LogP contribution in [0.2, 0.25) is 0 Å². The molecule has 0 radical (unpaired) electrons. The van der Waals surface area contributed by atoms with Crippen LogP contribution >= 0.6 is 12.2 Å². The van der Waals surface area contributed by atoms with Gasteiger partial charge in [0.2, 0.25) is 0 Å². The molecule has 114 valence electrons. The standard InChI is InChI=1S/C13H18N4O3S/c18-17(19)12-4-2-1-3-11(12)15-13(21)14-5-6-16-7-9-20-10-8-16/h1-4H,5-10H2,(H2,14,15,21). The molecule has 0 unspecified atom stereocenters. The van der Waals surface area contributed by atoms with Gasteiger partial charge in [0.15, 0.2) is 5.11 Å². The molecule has 0 bridgehead atoms. The number of hydrogen-bond donors (Lipinski definition) is 2. The number of nitro groups is 1. The van der Waals surface area contributed by atoms with Crippen molar-refractivity contribution < 1.29 is 9.66 Å². The Hall–Kier alpha value is -1.77. The van der Waals surface area contributed by atoms with E-state index < -0.39 is 4.92 Å². The Labute approximate surface area is 128 Å². The van der Waals surface area contributed by atoms with Crippen LogP contribution in [0.3, 0.4) is 0 Å². The van der Waals surface area contributed by atoms with Crippen LogP contribution in [-0.4, -0.2) is 54.3 Å². The van der Waals surface area contributed by atoms with Gasteiger partial charge in [-0.1, -0.05) is 12.1 Å². The molecule has 1 aliphatic rings. The average Bonchev–Trinajstić information content (AvgIpc) is 2.48. The SMILES string of the molecule is O=[N+]([O-])c1ccccc1NC(=S)NCCN1CCOCC1. The minimum absolute atomic E-state index is 0.00910. The number of rotatable bonds is 5. The molecule has 0 spiro atoms. The summed E-state index contributed by atoms with van der Waals surface area (Å²) < 4.78 is 5.28. The zero-order valence-electron chi connectivity index (χ0n) is 11.6. The minimum atomic E-state index is -0.432. The summed E-state index contributed by atoms with van der Waals surface area (Å²) in [6.45, 7) is 4.92. The van der Waals surface area contributed by atoms with E-state index in [0.717, 1.165) is 32.8 Å². The van der Waals surface area contributed by atoms with E-state index in [0.29, 0.717) is 17.3 Å². The molecule has 1 aromatic carbocycles. The van der Waals surface area contributed by atoms with Crippen LogP contribution in [0.25, 0.3) is 0 Å². The summed E-state index contributed by atoms with van der Waals surface area (Å²) in [7, 11) is 0. The normalized spacial score (nSPS) is 15.4. The molecule has 1 heterocycles. The molecule has 0 saturated carbocycles. The molecule has 1 aromatic rings. The Balaban J connectivity index is 1.78. The second-order valence-electron chi connectivity index (χ2n) is 4.61. The number of nitro benzene ring substituents is 1. The van der Waals surface area contributed by atoms with E-state index in [9.17, 15) is 10.1 Å². The first-order valence-electron chi connectivity index (χ1n) is 6.75. The van der Waals surface area contributed by atoms with Gasteiger partial charge in [-0.3, -0.25) is 15.0 Å². The summed E-state index contributed by atoms with van der Waals surface area (Å²) in [4.78, 5) is 12.8. The highest BCUT2D eigenvalue weighted by Gasteiger charge is 2.13. The Morgan fingerprint density at radius 2 is 2.10 bits per heavy atom. The highest BCUT2D eigenvalue weighted by molar-refractivity contribution is 7.80. The van der Waals surface area contributed by atoms with Gasteiger partial charge in [-0.25, -0.2) is 0 Å². The Bertz CT molecular complexity index is 506. The van der Waals surface area contributed by atoms with Gasteiger partial charge in [0.05, 0.1) is 18.1 Å². The molecule has 21 heavy (non-hydrogen) atoms. The van der Waals surface area contributed by atoms with Crippen molar-refractivity contribution in [3.8, 4) is 0 Å². The molecule has 1 saturated heterocycles. The summed E-state index contributed by atoms with van der Waals surface area (Å²) in [5, 5.41) is 17.2. The van der Waals surface area contributed by atoms with E-state index in [4.69, 9.17) is 17.0 Å². The molecule has 0 amide bonds. The summed E-state index contributed by atoms with van der Waals surface area (Å²) in [5.74, 6) is 0. The third kappa shape index (κ3) is 4.92. The number of para-hydroxylation sites is 2. The van der Waals surface area contributed by atoms with Crippen molar-refractivity contribution in [3.63, 3.8) is 0 Å². The monoisotopic (exact) mass is 310 g/mol. The van der Waals surface area contributed by atoms with E-state index in [1.54, 1.807) is 18.2 Å². The van der Waals surface area contributed by atoms with Crippen LogP contribution in [0, 0.1) is 10.1 Å². The van der Waals surface area contributed by atoms with Crippen LogP contribution in [-0.2, 0) is 4.74 Å². The lowest BCUT2D eigenvalue weighted by molar-refractivity contribution is -0.383. The zero-order chi connectivity index (χ0) is 15.1. The van der Waals surface area contributed by atoms with Crippen LogP contribution in [0.5, 0.6) is 0 Å². The van der Waals surface area contributed by atoms with Gasteiger partial charge in [0, 0.05) is 32.2 Å². The van der Waals surface area contributed by atoms with Crippen molar-refractivity contribution in [2.45, 2.75) is 0 Å². The van der Waals surface area contributed by atoms with Crippen molar-refractivity contribution in [1.82, 2.24) is 10.2 Å². The lowest BCUT2D eigenvalue weighted by Crippen LogP contribution is -2.42. The average molecular weight is 310 g/mol. The highest BCUT2D eigenvalue weighted by atomic mass is 32.1. The lowest BCUT2D eigenvalue weighted by atomic mass is 10.3. The number of hydrogen-bond acceptors (Lipinski definition) is 5. The molecule has 0 aromatic heterocycles. The zero-order valence-corrected chi connectivity index (χ0v) is 12.4. The molecule has 2 N–H and O–H groups in total. The van der Waals surface area contributed by atoms with Crippen molar-refractivity contribution in [3.05, 3.63) is 34.4 Å². The van der Waals surface area contributed by atoms with E-state index in [-0.39, 0.29) is 5.69 Å². The van der Waals surface area contributed by atoms with Crippen molar-refractivity contribution >= 4 is 28.7 Å². The molecular weight excluding hydrogens is 292 g/mol. The number of morpholine rings is 1. The quantitative estimate of drug-likeness (QED) is 0.481. The van der Waals surface area contributed by atoms with Gasteiger partial charge >= 0.3 is 0 Å². The third-order valence-electron chi connectivity index (χ3n) is 3.17. The molecule has 0 aliphatic carbocycles. The predicted octanol–water partition coefficient (Wildman–Crippen LogP) is 1.21. The van der Waals surface area contributed by atoms with Gasteiger partial charge in [0.25, 0.3) is 5.69 Å². The van der Waals surface area contributed by atoms with Crippen LogP contribution < -0.4 is 10.6 Å². The molecule has 7 nitrogen and oxygen atoms in total. The molecule has 0 atom stereocenters. The van der Waals surface area contributed by atoms with Crippen molar-refractivity contribution in [2.24, 2.45) is 0 Å². The highest BCUT2D eigenvalue weighted by Crippen LogP contribution is 2.22. The molecule has 1 aliphatic heterocycles. The fourth-order valence-corrected chi connectivity index (χ4v) is 2.27. The first kappa shape index (κ1) is 15.6. The van der Waals surface area contributed by atoms with Crippen molar-refractivity contribution in [1.29, 1.82) is 0 Å². The minimum Gasteiger partial charge on any atom is -0.379 e. The first-order chi connectivity index (χ1) is 10.2. The lowest BCUT2D eigenvalue weighted by Gasteiger charge is -2.26. The maximum absolute atomic E-state index is 10.9. The fraction of sp³-hybridized carbons (Fsp3) is 0.462. The van der Waals surface area contributed by atoms with Crippen LogP contribution in [0.15, 0.2) is 24.3 Å². The van der Waals surface area contributed by atoms with Crippen molar-refractivity contribution in [2.75, 3.05) is 44.7 Å². The smallest absolute Gasteiger partial charge is 0.292 e. The molecule has 2 rings (SSSR count). The number of thiocarbonyl (C=S) groups is 1. The van der Waals surface area contributed by atoms with E-state index >= 15 is 0 Å². The van der Waals surface area contributed by atoms with Crippen LogP contribution in [0.4, 0.5) is 11.4 Å². The van der Waals surface area contributed by atoms with E-state index in [2.05, 4.69) is 15.5 Å².